The van der Waals surface area contributed by atoms with E-state index >= 15 is 0 Å². The summed E-state index contributed by atoms with van der Waals surface area (Å²) < 4.78 is 11.3. The van der Waals surface area contributed by atoms with E-state index in [1.54, 1.807) is 13.2 Å². The highest BCUT2D eigenvalue weighted by Crippen LogP contribution is 2.37. The molecule has 0 aliphatic rings. The molecule has 0 saturated heterocycles. The van der Waals surface area contributed by atoms with E-state index in [-0.39, 0.29) is 5.04 Å². The summed E-state index contributed by atoms with van der Waals surface area (Å²) in [5, 5.41) is 0.121. The fraction of sp³-hybridized carbons (Fsp3) is 0.471. The van der Waals surface area contributed by atoms with Crippen LogP contribution in [0, 0.1) is 0 Å². The molecule has 0 N–H and O–H groups in total. The lowest BCUT2D eigenvalue weighted by atomic mass is 10.1. The van der Waals surface area contributed by atoms with Crippen molar-refractivity contribution in [2.75, 3.05) is 13.7 Å². The molecule has 0 aliphatic carbocycles. The lowest BCUT2D eigenvalue weighted by Gasteiger charge is -2.36. The van der Waals surface area contributed by atoms with Crippen LogP contribution in [0.15, 0.2) is 24.3 Å². The fourth-order valence-corrected chi connectivity index (χ4v) is 2.61. The molecule has 4 heteroatoms. The van der Waals surface area contributed by atoms with E-state index in [0.29, 0.717) is 12.2 Å². The van der Waals surface area contributed by atoms with Gasteiger partial charge in [0.15, 0.2) is 0 Å². The first-order valence-corrected chi connectivity index (χ1v) is 10.1. The minimum Gasteiger partial charge on any atom is -0.543 e. The van der Waals surface area contributed by atoms with Gasteiger partial charge in [0.05, 0.1) is 6.61 Å². The number of rotatable bonds is 6. The van der Waals surface area contributed by atoms with Gasteiger partial charge < -0.3 is 9.16 Å². The van der Waals surface area contributed by atoms with Gasteiger partial charge in [-0.25, -0.2) is 0 Å². The van der Waals surface area contributed by atoms with Gasteiger partial charge in [-0.3, -0.25) is 4.79 Å². The highest BCUT2D eigenvalue weighted by Gasteiger charge is 2.39. The second kappa shape index (κ2) is 7.05. The van der Waals surface area contributed by atoms with Crippen LogP contribution in [0.1, 0.15) is 36.7 Å². The highest BCUT2D eigenvalue weighted by atomic mass is 28.4. The van der Waals surface area contributed by atoms with Crippen LogP contribution in [0.5, 0.6) is 5.75 Å². The Morgan fingerprint density at radius 1 is 1.14 bits per heavy atom. The molecule has 0 fully saturated rings. The molecule has 21 heavy (non-hydrogen) atoms. The highest BCUT2D eigenvalue weighted by molar-refractivity contribution is 6.74. The Kier molecular flexibility index (Phi) is 5.93. The second-order valence-corrected chi connectivity index (χ2v) is 11.4. The molecule has 0 radical (unpaired) electrons. The first-order valence-electron chi connectivity index (χ1n) is 7.14. The van der Waals surface area contributed by atoms with Crippen molar-refractivity contribution in [3.05, 3.63) is 35.4 Å². The first kappa shape index (κ1) is 17.7. The third-order valence-electron chi connectivity index (χ3n) is 3.84. The Balaban J connectivity index is 3.07. The SMILES string of the molecule is COCC=Cc1cc(C=O)cc(O[Si](C)(C)C(C)(C)C)c1. The average Bonchev–Trinajstić information content (AvgIpc) is 2.37. The van der Waals surface area contributed by atoms with Gasteiger partial charge in [0.1, 0.15) is 12.0 Å². The van der Waals surface area contributed by atoms with E-state index in [9.17, 15) is 4.79 Å². The maximum atomic E-state index is 11.1. The molecule has 0 aliphatic heterocycles. The molecule has 0 amide bonds. The van der Waals surface area contributed by atoms with E-state index in [1.807, 2.05) is 24.3 Å². The topological polar surface area (TPSA) is 35.5 Å². The van der Waals surface area contributed by atoms with Crippen LogP contribution < -0.4 is 4.43 Å². The fourth-order valence-electron chi connectivity index (χ4n) is 1.60. The molecule has 0 heterocycles. The first-order chi connectivity index (χ1) is 9.69. The molecule has 3 nitrogen and oxygen atoms in total. The zero-order valence-electron chi connectivity index (χ0n) is 13.9. The molecule has 0 atom stereocenters. The second-order valence-electron chi connectivity index (χ2n) is 6.67. The van der Waals surface area contributed by atoms with E-state index in [2.05, 4.69) is 33.9 Å². The van der Waals surface area contributed by atoms with Crippen molar-refractivity contribution in [1.29, 1.82) is 0 Å². The molecular formula is C17H26O3Si. The summed E-state index contributed by atoms with van der Waals surface area (Å²) in [7, 11) is -0.256. The van der Waals surface area contributed by atoms with Crippen molar-refractivity contribution in [3.8, 4) is 5.75 Å². The summed E-state index contributed by atoms with van der Waals surface area (Å²) >= 11 is 0. The van der Waals surface area contributed by atoms with Crippen LogP contribution in [0.25, 0.3) is 6.08 Å². The number of carbonyl (C=O) groups is 1. The van der Waals surface area contributed by atoms with E-state index in [1.165, 1.54) is 0 Å². The summed E-state index contributed by atoms with van der Waals surface area (Å²) in [5.41, 5.74) is 1.58. The molecule has 0 bridgehead atoms. The van der Waals surface area contributed by atoms with Crippen molar-refractivity contribution in [1.82, 2.24) is 0 Å². The van der Waals surface area contributed by atoms with Gasteiger partial charge in [0, 0.05) is 12.7 Å². The molecule has 0 aromatic heterocycles. The van der Waals surface area contributed by atoms with Gasteiger partial charge in [0.25, 0.3) is 0 Å². The predicted octanol–water partition coefficient (Wildman–Crippen LogP) is 4.54. The molecule has 0 saturated carbocycles. The number of hydrogen-bond donors (Lipinski definition) is 0. The summed E-state index contributed by atoms with van der Waals surface area (Å²) in [4.78, 5) is 11.1. The van der Waals surface area contributed by atoms with Gasteiger partial charge in [-0.2, -0.15) is 0 Å². The van der Waals surface area contributed by atoms with Crippen LogP contribution in [0.3, 0.4) is 0 Å². The monoisotopic (exact) mass is 306 g/mol. The van der Waals surface area contributed by atoms with Gasteiger partial charge in [0.2, 0.25) is 8.32 Å². The zero-order chi connectivity index (χ0) is 16.1. The summed E-state index contributed by atoms with van der Waals surface area (Å²) in [6, 6.07) is 5.62. The van der Waals surface area contributed by atoms with Crippen LogP contribution >= 0.6 is 0 Å². The Morgan fingerprint density at radius 2 is 1.76 bits per heavy atom. The van der Waals surface area contributed by atoms with E-state index in [0.717, 1.165) is 17.6 Å². The van der Waals surface area contributed by atoms with Crippen molar-refractivity contribution in [3.63, 3.8) is 0 Å². The quantitative estimate of drug-likeness (QED) is 0.571. The molecule has 116 valence electrons. The maximum absolute atomic E-state index is 11.1. The standard InChI is InChI=1S/C17H26O3Si/c1-17(2,3)21(5,6)20-16-11-14(8-7-9-19-4)10-15(12-16)13-18/h7-8,10-13H,9H2,1-6H3. The van der Waals surface area contributed by atoms with E-state index < -0.39 is 8.32 Å². The average molecular weight is 306 g/mol. The van der Waals surface area contributed by atoms with E-state index in [4.69, 9.17) is 9.16 Å². The molecule has 1 aromatic carbocycles. The van der Waals surface area contributed by atoms with Gasteiger partial charge in [-0.1, -0.05) is 32.9 Å². The lowest BCUT2D eigenvalue weighted by molar-refractivity contribution is 0.112. The Morgan fingerprint density at radius 3 is 2.29 bits per heavy atom. The Hall–Kier alpha value is -1.39. The third kappa shape index (κ3) is 5.14. The van der Waals surface area contributed by atoms with Crippen LogP contribution in [-0.2, 0) is 4.74 Å². The molecule has 1 aromatic rings. The molecular weight excluding hydrogens is 280 g/mol. The number of benzene rings is 1. The Labute approximate surface area is 129 Å². The number of carbonyl (C=O) groups excluding carboxylic acids is 1. The minimum absolute atomic E-state index is 0.121. The summed E-state index contributed by atoms with van der Waals surface area (Å²) in [6.45, 7) is 11.5. The minimum atomic E-state index is -1.91. The molecule has 0 unspecified atom stereocenters. The van der Waals surface area contributed by atoms with Crippen molar-refractivity contribution >= 4 is 20.7 Å². The van der Waals surface area contributed by atoms with Crippen LogP contribution in [0.4, 0.5) is 0 Å². The van der Waals surface area contributed by atoms with Crippen LogP contribution in [0.2, 0.25) is 18.1 Å². The predicted molar refractivity (Wildman–Crippen MR) is 90.6 cm³/mol. The van der Waals surface area contributed by atoms with Gasteiger partial charge in [-0.15, -0.1) is 0 Å². The number of ether oxygens (including phenoxy) is 1. The maximum Gasteiger partial charge on any atom is 0.250 e. The van der Waals surface area contributed by atoms with Gasteiger partial charge in [-0.05, 0) is 41.9 Å². The zero-order valence-corrected chi connectivity index (χ0v) is 14.9. The van der Waals surface area contributed by atoms with Crippen molar-refractivity contribution in [2.45, 2.75) is 38.9 Å². The van der Waals surface area contributed by atoms with Crippen molar-refractivity contribution in [2.24, 2.45) is 0 Å². The normalized spacial score (nSPS) is 12.7. The lowest BCUT2D eigenvalue weighted by Crippen LogP contribution is -2.43. The summed E-state index contributed by atoms with van der Waals surface area (Å²) in [5.74, 6) is 0.767. The van der Waals surface area contributed by atoms with Crippen molar-refractivity contribution < 1.29 is 14.0 Å². The van der Waals surface area contributed by atoms with Crippen LogP contribution in [-0.4, -0.2) is 28.3 Å². The molecule has 0 spiro atoms. The molecule has 1 rings (SSSR count). The number of methoxy groups -OCH3 is 1. The largest absolute Gasteiger partial charge is 0.543 e. The third-order valence-corrected chi connectivity index (χ3v) is 8.20. The smallest absolute Gasteiger partial charge is 0.250 e. The summed E-state index contributed by atoms with van der Waals surface area (Å²) in [6.07, 6.45) is 4.71. The Bertz CT molecular complexity index is 513. The number of aldehydes is 1. The number of hydrogen-bond acceptors (Lipinski definition) is 3. The van der Waals surface area contributed by atoms with Gasteiger partial charge >= 0.3 is 0 Å².